The Hall–Kier alpha value is -1.11. The van der Waals surface area contributed by atoms with Gasteiger partial charge in [-0.15, -0.1) is 0 Å². The van der Waals surface area contributed by atoms with Crippen LogP contribution in [0.1, 0.15) is 45.1 Å². The van der Waals surface area contributed by atoms with Gasteiger partial charge in [0.05, 0.1) is 0 Å². The van der Waals surface area contributed by atoms with Crippen LogP contribution in [-0.4, -0.2) is 5.78 Å². The fourth-order valence-corrected chi connectivity index (χ4v) is 2.92. The molecule has 1 aliphatic rings. The zero-order chi connectivity index (χ0) is 12.4. The third-order valence-corrected chi connectivity index (χ3v) is 4.30. The van der Waals surface area contributed by atoms with Gasteiger partial charge in [-0.25, -0.2) is 0 Å². The van der Waals surface area contributed by atoms with E-state index in [2.05, 4.69) is 45.0 Å². The third kappa shape index (κ3) is 2.59. The molecular weight excluding hydrogens is 208 g/mol. The summed E-state index contributed by atoms with van der Waals surface area (Å²) in [6, 6.07) is 10.5. The summed E-state index contributed by atoms with van der Waals surface area (Å²) in [6.07, 6.45) is 1.94. The highest BCUT2D eigenvalue weighted by Crippen LogP contribution is 2.40. The van der Waals surface area contributed by atoms with Gasteiger partial charge < -0.3 is 0 Å². The van der Waals surface area contributed by atoms with Gasteiger partial charge in [0.1, 0.15) is 5.78 Å². The first-order chi connectivity index (χ1) is 8.09. The molecule has 1 heteroatoms. The van der Waals surface area contributed by atoms with Gasteiger partial charge in [0.2, 0.25) is 0 Å². The Morgan fingerprint density at radius 1 is 1.18 bits per heavy atom. The Morgan fingerprint density at radius 3 is 2.41 bits per heavy atom. The Labute approximate surface area is 104 Å². The molecule has 1 fully saturated rings. The van der Waals surface area contributed by atoms with E-state index in [0.29, 0.717) is 23.5 Å². The van der Waals surface area contributed by atoms with Crippen LogP contribution in [0.4, 0.5) is 0 Å². The molecule has 0 bridgehead atoms. The number of carbonyl (C=O) groups excluding carboxylic acids is 1. The van der Waals surface area contributed by atoms with Crippen molar-refractivity contribution in [2.45, 2.75) is 39.5 Å². The predicted octanol–water partition coefficient (Wildman–Crippen LogP) is 4.04. The molecule has 92 valence electrons. The van der Waals surface area contributed by atoms with Crippen LogP contribution in [0.25, 0.3) is 0 Å². The first-order valence-corrected chi connectivity index (χ1v) is 6.67. The lowest BCUT2D eigenvalue weighted by atomic mass is 9.68. The average Bonchev–Trinajstić information content (AvgIpc) is 2.33. The molecule has 0 spiro atoms. The summed E-state index contributed by atoms with van der Waals surface area (Å²) in [5.41, 5.74) is 1.33. The van der Waals surface area contributed by atoms with Crippen LogP contribution >= 0.6 is 0 Å². The van der Waals surface area contributed by atoms with E-state index in [1.165, 1.54) is 5.56 Å². The van der Waals surface area contributed by atoms with Crippen LogP contribution in [0.3, 0.4) is 0 Å². The van der Waals surface area contributed by atoms with Gasteiger partial charge >= 0.3 is 0 Å². The van der Waals surface area contributed by atoms with E-state index in [-0.39, 0.29) is 5.92 Å². The van der Waals surface area contributed by atoms with Crippen LogP contribution in [0.5, 0.6) is 0 Å². The molecule has 0 N–H and O–H groups in total. The van der Waals surface area contributed by atoms with E-state index < -0.39 is 0 Å². The molecule has 0 unspecified atom stereocenters. The summed E-state index contributed by atoms with van der Waals surface area (Å²) < 4.78 is 0. The van der Waals surface area contributed by atoms with Crippen LogP contribution in [0.15, 0.2) is 30.3 Å². The number of hydrogen-bond acceptors (Lipinski definition) is 1. The Balaban J connectivity index is 2.23. The smallest absolute Gasteiger partial charge is 0.136 e. The van der Waals surface area contributed by atoms with Crippen molar-refractivity contribution in [1.82, 2.24) is 0 Å². The van der Waals surface area contributed by atoms with Crippen LogP contribution in [0.2, 0.25) is 0 Å². The van der Waals surface area contributed by atoms with Gasteiger partial charge in [-0.1, -0.05) is 51.1 Å². The molecule has 0 amide bonds. The van der Waals surface area contributed by atoms with E-state index in [0.717, 1.165) is 12.8 Å². The number of carbonyl (C=O) groups is 1. The molecule has 0 aliphatic heterocycles. The van der Waals surface area contributed by atoms with Crippen LogP contribution in [-0.2, 0) is 4.79 Å². The largest absolute Gasteiger partial charge is 0.299 e. The molecule has 2 rings (SSSR count). The summed E-state index contributed by atoms with van der Waals surface area (Å²) in [7, 11) is 0. The highest BCUT2D eigenvalue weighted by Gasteiger charge is 2.35. The molecule has 3 atom stereocenters. The minimum Gasteiger partial charge on any atom is -0.299 e. The fourth-order valence-electron chi connectivity index (χ4n) is 2.92. The fraction of sp³-hybridized carbons (Fsp3) is 0.562. The van der Waals surface area contributed by atoms with Crippen molar-refractivity contribution in [3.8, 4) is 0 Å². The second-order valence-electron chi connectivity index (χ2n) is 5.72. The molecular formula is C16H22O. The number of Topliss-reactive ketones (excluding diaryl/α,β-unsaturated/α-hetero) is 1. The van der Waals surface area contributed by atoms with E-state index in [9.17, 15) is 4.79 Å². The topological polar surface area (TPSA) is 17.1 Å². The predicted molar refractivity (Wildman–Crippen MR) is 70.9 cm³/mol. The second-order valence-corrected chi connectivity index (χ2v) is 5.72. The molecule has 0 heterocycles. The SMILES string of the molecule is CC(C)[C@H]1CC(=O)[C@@H](C)[C@@H](c2ccccc2)C1. The molecule has 1 aromatic rings. The first kappa shape index (κ1) is 12.3. The molecule has 1 saturated carbocycles. The van der Waals surface area contributed by atoms with Crippen LogP contribution in [0, 0.1) is 17.8 Å². The number of ketones is 1. The van der Waals surface area contributed by atoms with Crippen molar-refractivity contribution in [2.24, 2.45) is 17.8 Å². The van der Waals surface area contributed by atoms with Gasteiger partial charge in [0.25, 0.3) is 0 Å². The van der Waals surface area contributed by atoms with Crippen LogP contribution < -0.4 is 0 Å². The van der Waals surface area contributed by atoms with Gasteiger partial charge in [-0.05, 0) is 29.7 Å². The second kappa shape index (κ2) is 5.03. The minimum atomic E-state index is 0.187. The van der Waals surface area contributed by atoms with Crippen molar-refractivity contribution in [1.29, 1.82) is 0 Å². The lowest BCUT2D eigenvalue weighted by Crippen LogP contribution is -2.32. The number of benzene rings is 1. The summed E-state index contributed by atoms with van der Waals surface area (Å²) in [5.74, 6) is 2.22. The van der Waals surface area contributed by atoms with E-state index >= 15 is 0 Å². The monoisotopic (exact) mass is 230 g/mol. The normalized spacial score (nSPS) is 29.6. The van der Waals surface area contributed by atoms with Gasteiger partial charge in [-0.3, -0.25) is 4.79 Å². The van der Waals surface area contributed by atoms with Crippen molar-refractivity contribution in [2.75, 3.05) is 0 Å². The van der Waals surface area contributed by atoms with Gasteiger partial charge in [0, 0.05) is 12.3 Å². The maximum absolute atomic E-state index is 12.1. The number of hydrogen-bond donors (Lipinski definition) is 0. The molecule has 1 nitrogen and oxygen atoms in total. The quantitative estimate of drug-likeness (QED) is 0.749. The highest BCUT2D eigenvalue weighted by atomic mass is 16.1. The van der Waals surface area contributed by atoms with Gasteiger partial charge in [-0.2, -0.15) is 0 Å². The maximum atomic E-state index is 12.1. The Kier molecular flexibility index (Phi) is 3.66. The van der Waals surface area contributed by atoms with E-state index in [1.807, 2.05) is 6.07 Å². The first-order valence-electron chi connectivity index (χ1n) is 6.67. The highest BCUT2D eigenvalue weighted by molar-refractivity contribution is 5.82. The zero-order valence-corrected chi connectivity index (χ0v) is 11.0. The van der Waals surface area contributed by atoms with Crippen molar-refractivity contribution < 1.29 is 4.79 Å². The molecule has 1 aliphatic carbocycles. The third-order valence-electron chi connectivity index (χ3n) is 4.30. The standard InChI is InChI=1S/C16H22O/c1-11(2)14-9-15(12(3)16(17)10-14)13-7-5-4-6-8-13/h4-8,11-12,14-15H,9-10H2,1-3H3/t12-,14+,15-/m0/s1. The average molecular weight is 230 g/mol. The zero-order valence-electron chi connectivity index (χ0n) is 11.0. The summed E-state index contributed by atoms with van der Waals surface area (Å²) in [6.45, 7) is 6.56. The van der Waals surface area contributed by atoms with E-state index in [1.54, 1.807) is 0 Å². The molecule has 17 heavy (non-hydrogen) atoms. The molecule has 0 aromatic heterocycles. The Morgan fingerprint density at radius 2 is 1.82 bits per heavy atom. The molecule has 1 aromatic carbocycles. The lowest BCUT2D eigenvalue weighted by Gasteiger charge is -2.35. The van der Waals surface area contributed by atoms with Gasteiger partial charge in [0.15, 0.2) is 0 Å². The molecule has 0 saturated heterocycles. The summed E-state index contributed by atoms with van der Waals surface area (Å²) in [4.78, 5) is 12.1. The minimum absolute atomic E-state index is 0.187. The van der Waals surface area contributed by atoms with Crippen molar-refractivity contribution in [3.63, 3.8) is 0 Å². The van der Waals surface area contributed by atoms with E-state index in [4.69, 9.17) is 0 Å². The maximum Gasteiger partial charge on any atom is 0.136 e. The van der Waals surface area contributed by atoms with Crippen molar-refractivity contribution >= 4 is 5.78 Å². The van der Waals surface area contributed by atoms with Crippen molar-refractivity contribution in [3.05, 3.63) is 35.9 Å². The molecule has 0 radical (unpaired) electrons. The summed E-state index contributed by atoms with van der Waals surface area (Å²) in [5, 5.41) is 0. The number of rotatable bonds is 2. The lowest BCUT2D eigenvalue weighted by molar-refractivity contribution is -0.126. The summed E-state index contributed by atoms with van der Waals surface area (Å²) >= 11 is 0. The Bertz CT molecular complexity index is 380.